The normalized spacial score (nSPS) is 11.9. The summed E-state index contributed by atoms with van der Waals surface area (Å²) < 4.78 is 9.74. The standard InChI is InChI=1S/C23H16N2O7/c26-18(12-32-19(27)11-24-23(30)17-9-4-10-31-17)25-16-8-3-7-15-20(16)22(29)14-6-2-1-5-13(14)21(15)28/h1-10H,11-12H2,(H,24,30)(H,25,26). The second-order valence-corrected chi connectivity index (χ2v) is 6.80. The summed E-state index contributed by atoms with van der Waals surface area (Å²) in [6.07, 6.45) is 1.32. The number of rotatable bonds is 6. The van der Waals surface area contributed by atoms with Crippen LogP contribution in [-0.2, 0) is 14.3 Å². The number of hydrogen-bond donors (Lipinski definition) is 2. The molecule has 2 N–H and O–H groups in total. The van der Waals surface area contributed by atoms with E-state index in [9.17, 15) is 24.0 Å². The summed E-state index contributed by atoms with van der Waals surface area (Å²) in [5.41, 5.74) is 0.970. The fraction of sp³-hybridized carbons (Fsp3) is 0.0870. The lowest BCUT2D eigenvalue weighted by Crippen LogP contribution is -2.32. The molecule has 32 heavy (non-hydrogen) atoms. The third-order valence-electron chi connectivity index (χ3n) is 4.73. The van der Waals surface area contributed by atoms with E-state index in [2.05, 4.69) is 10.6 Å². The topological polar surface area (TPSA) is 132 Å². The zero-order valence-corrected chi connectivity index (χ0v) is 16.5. The second-order valence-electron chi connectivity index (χ2n) is 6.80. The lowest BCUT2D eigenvalue weighted by molar-refractivity contribution is -0.146. The summed E-state index contributed by atoms with van der Waals surface area (Å²) in [6, 6.07) is 14.0. The third kappa shape index (κ3) is 4.04. The van der Waals surface area contributed by atoms with E-state index >= 15 is 0 Å². The van der Waals surface area contributed by atoms with E-state index in [1.807, 2.05) is 0 Å². The van der Waals surface area contributed by atoms with Crippen LogP contribution in [0.1, 0.15) is 42.4 Å². The summed E-state index contributed by atoms with van der Waals surface area (Å²) >= 11 is 0. The fourth-order valence-corrected chi connectivity index (χ4v) is 3.28. The maximum absolute atomic E-state index is 12.9. The molecular formula is C23H16N2O7. The number of ketones is 2. The molecule has 1 heterocycles. The molecule has 3 aromatic rings. The quantitative estimate of drug-likeness (QED) is 0.445. The predicted molar refractivity (Wildman–Crippen MR) is 110 cm³/mol. The molecule has 4 rings (SSSR count). The van der Waals surface area contributed by atoms with Crippen molar-refractivity contribution in [3.8, 4) is 0 Å². The lowest BCUT2D eigenvalue weighted by Gasteiger charge is -2.20. The SMILES string of the molecule is O=C(COC(=O)CNC(=O)c1ccco1)Nc1cccc2c1C(=O)c1ccccc1C2=O. The summed E-state index contributed by atoms with van der Waals surface area (Å²) in [4.78, 5) is 61.5. The van der Waals surface area contributed by atoms with Gasteiger partial charge in [0.15, 0.2) is 23.9 Å². The van der Waals surface area contributed by atoms with Crippen molar-refractivity contribution in [3.05, 3.63) is 88.9 Å². The average molecular weight is 432 g/mol. The number of anilines is 1. The Morgan fingerprint density at radius 2 is 1.56 bits per heavy atom. The first-order valence-corrected chi connectivity index (χ1v) is 9.54. The molecule has 9 heteroatoms. The van der Waals surface area contributed by atoms with Gasteiger partial charge in [-0.05, 0) is 18.2 Å². The third-order valence-corrected chi connectivity index (χ3v) is 4.73. The van der Waals surface area contributed by atoms with Crippen molar-refractivity contribution in [3.63, 3.8) is 0 Å². The number of nitrogens with one attached hydrogen (secondary N) is 2. The molecule has 0 saturated heterocycles. The van der Waals surface area contributed by atoms with E-state index in [-0.39, 0.29) is 39.7 Å². The van der Waals surface area contributed by atoms with E-state index in [0.717, 1.165) is 0 Å². The number of furan rings is 1. The van der Waals surface area contributed by atoms with Gasteiger partial charge in [0, 0.05) is 16.7 Å². The van der Waals surface area contributed by atoms with Gasteiger partial charge < -0.3 is 19.8 Å². The Morgan fingerprint density at radius 3 is 2.28 bits per heavy atom. The van der Waals surface area contributed by atoms with Crippen molar-refractivity contribution in [2.75, 3.05) is 18.5 Å². The molecule has 1 aromatic heterocycles. The van der Waals surface area contributed by atoms with Crippen molar-refractivity contribution in [2.45, 2.75) is 0 Å². The minimum Gasteiger partial charge on any atom is -0.459 e. The van der Waals surface area contributed by atoms with Crippen molar-refractivity contribution in [2.24, 2.45) is 0 Å². The Kier molecular flexibility index (Phi) is 5.63. The molecule has 9 nitrogen and oxygen atoms in total. The Hall–Kier alpha value is -4.53. The van der Waals surface area contributed by atoms with Crippen LogP contribution < -0.4 is 10.6 Å². The monoisotopic (exact) mass is 432 g/mol. The molecule has 0 fully saturated rings. The van der Waals surface area contributed by atoms with Gasteiger partial charge in [0.25, 0.3) is 11.8 Å². The summed E-state index contributed by atoms with van der Waals surface area (Å²) in [5.74, 6) is -2.81. The van der Waals surface area contributed by atoms with Gasteiger partial charge in [0.2, 0.25) is 0 Å². The van der Waals surface area contributed by atoms with Gasteiger partial charge in [-0.15, -0.1) is 0 Å². The van der Waals surface area contributed by atoms with E-state index in [1.54, 1.807) is 30.3 Å². The first-order chi connectivity index (χ1) is 15.5. The molecular weight excluding hydrogens is 416 g/mol. The Morgan fingerprint density at radius 1 is 0.844 bits per heavy atom. The first kappa shape index (κ1) is 20.7. The van der Waals surface area contributed by atoms with Crippen LogP contribution in [0.5, 0.6) is 0 Å². The number of ether oxygens (including phenoxy) is 1. The highest BCUT2D eigenvalue weighted by Gasteiger charge is 2.31. The molecule has 0 saturated carbocycles. The molecule has 2 aromatic carbocycles. The number of amides is 2. The van der Waals surface area contributed by atoms with Gasteiger partial charge in [-0.3, -0.25) is 24.0 Å². The minimum absolute atomic E-state index is 0.0326. The van der Waals surface area contributed by atoms with E-state index < -0.39 is 30.9 Å². The molecule has 0 spiro atoms. The zero-order valence-electron chi connectivity index (χ0n) is 16.5. The van der Waals surface area contributed by atoms with Crippen LogP contribution >= 0.6 is 0 Å². The molecule has 2 amide bonds. The van der Waals surface area contributed by atoms with E-state index in [0.29, 0.717) is 5.56 Å². The maximum atomic E-state index is 12.9. The Balaban J connectivity index is 1.38. The van der Waals surface area contributed by atoms with Gasteiger partial charge in [-0.2, -0.15) is 0 Å². The zero-order chi connectivity index (χ0) is 22.7. The summed E-state index contributed by atoms with van der Waals surface area (Å²) in [7, 11) is 0. The number of hydrogen-bond acceptors (Lipinski definition) is 7. The maximum Gasteiger partial charge on any atom is 0.325 e. The first-order valence-electron chi connectivity index (χ1n) is 9.54. The Labute approximate surface area is 181 Å². The summed E-state index contributed by atoms with van der Waals surface area (Å²) in [6.45, 7) is -1.10. The predicted octanol–water partition coefficient (Wildman–Crippen LogP) is 1.97. The van der Waals surface area contributed by atoms with Gasteiger partial charge in [0.05, 0.1) is 17.5 Å². The van der Waals surface area contributed by atoms with Crippen LogP contribution in [0.3, 0.4) is 0 Å². The van der Waals surface area contributed by atoms with Crippen LogP contribution in [0.15, 0.2) is 65.3 Å². The number of fused-ring (bicyclic) bond motifs is 2. The van der Waals surface area contributed by atoms with Gasteiger partial charge in [0.1, 0.15) is 6.54 Å². The largest absolute Gasteiger partial charge is 0.459 e. The highest BCUT2D eigenvalue weighted by atomic mass is 16.5. The molecule has 160 valence electrons. The highest BCUT2D eigenvalue weighted by Crippen LogP contribution is 2.31. The highest BCUT2D eigenvalue weighted by molar-refractivity contribution is 6.30. The van der Waals surface area contributed by atoms with Crippen molar-refractivity contribution in [1.82, 2.24) is 5.32 Å². The van der Waals surface area contributed by atoms with Gasteiger partial charge in [-0.25, -0.2) is 0 Å². The molecule has 0 aliphatic heterocycles. The van der Waals surface area contributed by atoms with Crippen molar-refractivity contribution < 1.29 is 33.1 Å². The van der Waals surface area contributed by atoms with E-state index in [1.165, 1.54) is 30.5 Å². The lowest BCUT2D eigenvalue weighted by atomic mass is 9.83. The van der Waals surface area contributed by atoms with Crippen molar-refractivity contribution in [1.29, 1.82) is 0 Å². The number of benzene rings is 2. The van der Waals surface area contributed by atoms with Gasteiger partial charge >= 0.3 is 5.97 Å². The van der Waals surface area contributed by atoms with Gasteiger partial charge in [-0.1, -0.05) is 36.4 Å². The second kappa shape index (κ2) is 8.68. The van der Waals surface area contributed by atoms with Crippen LogP contribution in [0.2, 0.25) is 0 Å². The molecule has 0 atom stereocenters. The van der Waals surface area contributed by atoms with Crippen LogP contribution in [0.25, 0.3) is 0 Å². The molecule has 0 unspecified atom stereocenters. The minimum atomic E-state index is -0.838. The van der Waals surface area contributed by atoms with Crippen LogP contribution in [0.4, 0.5) is 5.69 Å². The molecule has 1 aliphatic rings. The average Bonchev–Trinajstić information content (AvgIpc) is 3.35. The van der Waals surface area contributed by atoms with Crippen LogP contribution in [0, 0.1) is 0 Å². The summed E-state index contributed by atoms with van der Waals surface area (Å²) in [5, 5.41) is 4.80. The molecule has 0 radical (unpaired) electrons. The van der Waals surface area contributed by atoms with E-state index in [4.69, 9.17) is 9.15 Å². The Bertz CT molecular complexity index is 1240. The fourth-order valence-electron chi connectivity index (χ4n) is 3.28. The number of carbonyl (C=O) groups excluding carboxylic acids is 5. The van der Waals surface area contributed by atoms with Crippen LogP contribution in [-0.4, -0.2) is 42.5 Å². The molecule has 1 aliphatic carbocycles. The number of carbonyl (C=O) groups is 5. The number of esters is 1. The smallest absolute Gasteiger partial charge is 0.325 e. The van der Waals surface area contributed by atoms with Crippen molar-refractivity contribution >= 4 is 35.0 Å². The molecule has 0 bridgehead atoms.